The standard InChI is InChI=1S/C11H14Br2FN/c1-8(6-12)15(2)7-9-3-10(13)5-11(14)4-9/h3-5,8H,6-7H2,1-2H3. The molecule has 0 aliphatic rings. The molecule has 0 saturated carbocycles. The normalized spacial score (nSPS) is 13.2. The van der Waals surface area contributed by atoms with E-state index in [9.17, 15) is 4.39 Å². The Hall–Kier alpha value is 0.0700. The number of benzene rings is 1. The predicted octanol–water partition coefficient (Wildman–Crippen LogP) is 3.80. The van der Waals surface area contributed by atoms with E-state index in [1.165, 1.54) is 6.07 Å². The minimum Gasteiger partial charge on any atom is -0.299 e. The Morgan fingerprint density at radius 2 is 2.07 bits per heavy atom. The van der Waals surface area contributed by atoms with Gasteiger partial charge in [0.1, 0.15) is 5.82 Å². The fourth-order valence-corrected chi connectivity index (χ4v) is 2.27. The SMILES string of the molecule is CC(CBr)N(C)Cc1cc(F)cc(Br)c1. The molecule has 15 heavy (non-hydrogen) atoms. The molecule has 4 heteroatoms. The maximum Gasteiger partial charge on any atom is 0.124 e. The second-order valence-corrected chi connectivity index (χ2v) is 5.26. The molecule has 0 amide bonds. The molecule has 1 atom stereocenters. The van der Waals surface area contributed by atoms with Gasteiger partial charge in [-0.25, -0.2) is 4.39 Å². The third kappa shape index (κ3) is 4.21. The molecule has 0 bridgehead atoms. The van der Waals surface area contributed by atoms with Gasteiger partial charge >= 0.3 is 0 Å². The minimum absolute atomic E-state index is 0.195. The summed E-state index contributed by atoms with van der Waals surface area (Å²) in [7, 11) is 2.03. The van der Waals surface area contributed by atoms with E-state index in [1.54, 1.807) is 6.07 Å². The van der Waals surface area contributed by atoms with Gasteiger partial charge in [-0.05, 0) is 37.7 Å². The number of hydrogen-bond donors (Lipinski definition) is 0. The summed E-state index contributed by atoms with van der Waals surface area (Å²) in [5.74, 6) is -0.195. The van der Waals surface area contributed by atoms with Crippen molar-refractivity contribution in [2.75, 3.05) is 12.4 Å². The molecule has 0 aliphatic carbocycles. The molecule has 0 aliphatic heterocycles. The van der Waals surface area contributed by atoms with E-state index in [4.69, 9.17) is 0 Å². The molecule has 0 N–H and O–H groups in total. The molecule has 0 aromatic heterocycles. The van der Waals surface area contributed by atoms with E-state index >= 15 is 0 Å². The van der Waals surface area contributed by atoms with Crippen LogP contribution in [0.25, 0.3) is 0 Å². The second-order valence-electron chi connectivity index (χ2n) is 3.70. The van der Waals surface area contributed by atoms with Crippen LogP contribution >= 0.6 is 31.9 Å². The van der Waals surface area contributed by atoms with E-state index < -0.39 is 0 Å². The lowest BCUT2D eigenvalue weighted by Crippen LogP contribution is -2.29. The lowest BCUT2D eigenvalue weighted by Gasteiger charge is -2.22. The Morgan fingerprint density at radius 1 is 1.40 bits per heavy atom. The Labute approximate surface area is 107 Å². The third-order valence-corrected chi connectivity index (χ3v) is 3.72. The highest BCUT2D eigenvalue weighted by molar-refractivity contribution is 9.10. The quantitative estimate of drug-likeness (QED) is 0.755. The average Bonchev–Trinajstić information content (AvgIpc) is 2.14. The zero-order valence-electron chi connectivity index (χ0n) is 8.80. The smallest absolute Gasteiger partial charge is 0.124 e. The van der Waals surface area contributed by atoms with Crippen LogP contribution in [0.3, 0.4) is 0 Å². The van der Waals surface area contributed by atoms with E-state index in [2.05, 4.69) is 43.7 Å². The summed E-state index contributed by atoms with van der Waals surface area (Å²) < 4.78 is 13.9. The van der Waals surface area contributed by atoms with Crippen molar-refractivity contribution in [2.24, 2.45) is 0 Å². The van der Waals surface area contributed by atoms with Gasteiger partial charge in [0.15, 0.2) is 0 Å². The summed E-state index contributed by atoms with van der Waals surface area (Å²) in [6, 6.07) is 5.42. The predicted molar refractivity (Wildman–Crippen MR) is 68.8 cm³/mol. The molecule has 84 valence electrons. The fourth-order valence-electron chi connectivity index (χ4n) is 1.26. The number of rotatable bonds is 4. The highest BCUT2D eigenvalue weighted by Crippen LogP contribution is 2.16. The Bertz CT molecular complexity index is 310. The van der Waals surface area contributed by atoms with Gasteiger partial charge in [-0.15, -0.1) is 0 Å². The van der Waals surface area contributed by atoms with Crippen LogP contribution in [0.5, 0.6) is 0 Å². The molecule has 0 spiro atoms. The molecule has 1 nitrogen and oxygen atoms in total. The summed E-state index contributed by atoms with van der Waals surface area (Å²) in [5, 5.41) is 0.917. The fraction of sp³-hybridized carbons (Fsp3) is 0.455. The molecule has 1 rings (SSSR count). The molecular weight excluding hydrogens is 325 g/mol. The highest BCUT2D eigenvalue weighted by atomic mass is 79.9. The first kappa shape index (κ1) is 13.1. The first-order valence-corrected chi connectivity index (χ1v) is 6.65. The minimum atomic E-state index is -0.195. The second kappa shape index (κ2) is 5.97. The monoisotopic (exact) mass is 337 g/mol. The van der Waals surface area contributed by atoms with Gasteiger partial charge < -0.3 is 0 Å². The van der Waals surface area contributed by atoms with Crippen molar-refractivity contribution in [2.45, 2.75) is 19.5 Å². The molecule has 0 fully saturated rings. The van der Waals surface area contributed by atoms with Crippen LogP contribution in [0.1, 0.15) is 12.5 Å². The lowest BCUT2D eigenvalue weighted by atomic mass is 10.2. The molecule has 0 saturated heterocycles. The molecule has 0 heterocycles. The van der Waals surface area contributed by atoms with E-state index in [1.807, 2.05) is 13.1 Å². The summed E-state index contributed by atoms with van der Waals surface area (Å²) in [5.41, 5.74) is 0.983. The van der Waals surface area contributed by atoms with Gasteiger partial charge in [0.2, 0.25) is 0 Å². The number of hydrogen-bond acceptors (Lipinski definition) is 1. The molecule has 1 aromatic rings. The van der Waals surface area contributed by atoms with Crippen molar-refractivity contribution in [1.29, 1.82) is 0 Å². The van der Waals surface area contributed by atoms with Gasteiger partial charge in [-0.3, -0.25) is 4.90 Å². The number of nitrogens with zero attached hydrogens (tertiary/aromatic N) is 1. The van der Waals surface area contributed by atoms with Gasteiger partial charge in [0, 0.05) is 22.4 Å². The molecule has 1 aromatic carbocycles. The van der Waals surface area contributed by atoms with Crippen molar-refractivity contribution < 1.29 is 4.39 Å². The number of halogens is 3. The van der Waals surface area contributed by atoms with E-state index in [0.717, 1.165) is 21.9 Å². The zero-order chi connectivity index (χ0) is 11.4. The average molecular weight is 339 g/mol. The van der Waals surface area contributed by atoms with Crippen molar-refractivity contribution in [3.05, 3.63) is 34.1 Å². The topological polar surface area (TPSA) is 3.24 Å². The summed E-state index contributed by atoms with van der Waals surface area (Å²) in [6.45, 7) is 2.88. The lowest BCUT2D eigenvalue weighted by molar-refractivity contribution is 0.270. The van der Waals surface area contributed by atoms with Crippen LogP contribution < -0.4 is 0 Å². The third-order valence-electron chi connectivity index (χ3n) is 2.33. The van der Waals surface area contributed by atoms with Crippen LogP contribution in [-0.2, 0) is 6.54 Å². The van der Waals surface area contributed by atoms with Gasteiger partial charge in [0.25, 0.3) is 0 Å². The Morgan fingerprint density at radius 3 is 2.60 bits per heavy atom. The maximum absolute atomic E-state index is 13.1. The van der Waals surface area contributed by atoms with Crippen molar-refractivity contribution >= 4 is 31.9 Å². The number of alkyl halides is 1. The first-order valence-electron chi connectivity index (χ1n) is 4.74. The van der Waals surface area contributed by atoms with Crippen LogP contribution in [0, 0.1) is 5.82 Å². The van der Waals surface area contributed by atoms with Crippen LogP contribution in [0.4, 0.5) is 4.39 Å². The summed E-state index contributed by atoms with van der Waals surface area (Å²) in [4.78, 5) is 2.18. The Balaban J connectivity index is 2.72. The molecule has 0 radical (unpaired) electrons. The maximum atomic E-state index is 13.1. The van der Waals surface area contributed by atoms with E-state index in [0.29, 0.717) is 6.04 Å². The van der Waals surface area contributed by atoms with Crippen LogP contribution in [0.2, 0.25) is 0 Å². The first-order chi connectivity index (χ1) is 7.02. The van der Waals surface area contributed by atoms with Crippen molar-refractivity contribution in [3.63, 3.8) is 0 Å². The Kier molecular flexibility index (Phi) is 5.23. The zero-order valence-corrected chi connectivity index (χ0v) is 12.0. The van der Waals surface area contributed by atoms with Gasteiger partial charge in [-0.2, -0.15) is 0 Å². The largest absolute Gasteiger partial charge is 0.299 e. The van der Waals surface area contributed by atoms with E-state index in [-0.39, 0.29) is 5.82 Å². The van der Waals surface area contributed by atoms with Crippen molar-refractivity contribution in [3.8, 4) is 0 Å². The summed E-state index contributed by atoms with van der Waals surface area (Å²) in [6.07, 6.45) is 0. The molecular formula is C11H14Br2FN. The highest BCUT2D eigenvalue weighted by Gasteiger charge is 2.08. The van der Waals surface area contributed by atoms with Crippen LogP contribution in [-0.4, -0.2) is 23.3 Å². The molecule has 1 unspecified atom stereocenters. The van der Waals surface area contributed by atoms with Crippen LogP contribution in [0.15, 0.2) is 22.7 Å². The van der Waals surface area contributed by atoms with Gasteiger partial charge in [-0.1, -0.05) is 31.9 Å². The van der Waals surface area contributed by atoms with Crippen molar-refractivity contribution in [1.82, 2.24) is 4.90 Å². The summed E-state index contributed by atoms with van der Waals surface area (Å²) >= 11 is 6.72. The van der Waals surface area contributed by atoms with Gasteiger partial charge in [0.05, 0.1) is 0 Å².